The van der Waals surface area contributed by atoms with Crippen LogP contribution in [-0.2, 0) is 32.1 Å². The topological polar surface area (TPSA) is 147 Å². The van der Waals surface area contributed by atoms with Crippen LogP contribution in [0, 0.1) is 5.92 Å². The van der Waals surface area contributed by atoms with E-state index in [0.29, 0.717) is 52.2 Å². The van der Waals surface area contributed by atoms with E-state index in [-0.39, 0.29) is 52.0 Å². The number of nitrogens with zero attached hydrogens (tertiary/aromatic N) is 5. The fourth-order valence-electron chi connectivity index (χ4n) is 6.61. The smallest absolute Gasteiger partial charge is 0.420 e. The number of carbonyl (C=O) groups excluding carboxylic acids is 2. The molecule has 3 aromatic rings. The van der Waals surface area contributed by atoms with Gasteiger partial charge in [0, 0.05) is 31.7 Å². The number of benzene rings is 2. The molecule has 1 spiro atoms. The van der Waals surface area contributed by atoms with Crippen molar-refractivity contribution in [3.63, 3.8) is 0 Å². The molecule has 270 valence electrons. The van der Waals surface area contributed by atoms with Gasteiger partial charge in [0.25, 0.3) is 5.91 Å². The molecule has 3 fully saturated rings. The summed E-state index contributed by atoms with van der Waals surface area (Å²) >= 11 is 0. The van der Waals surface area contributed by atoms with Crippen molar-refractivity contribution in [1.29, 1.82) is 0 Å². The number of amides is 3. The number of morpholine rings is 1. The van der Waals surface area contributed by atoms with Crippen LogP contribution in [0.1, 0.15) is 38.1 Å². The van der Waals surface area contributed by atoms with Crippen LogP contribution in [0.5, 0.6) is 11.5 Å². The number of nitrogens with one attached hydrogen (secondary N) is 1. The molecule has 0 unspecified atom stereocenters. The number of para-hydroxylation sites is 1. The number of ether oxygens (including phenoxy) is 2. The number of halogens is 3. The number of urea groups is 1. The SMILES string of the molecule is CC(C)CS(=O)(=O)c1ccccc1Oc1ccc(-c2noc(CN3C(=O)N(CCN4CCOCC4)C4(CCNCC4)C3=O)n2)cc1C(F)(F)F. The van der Waals surface area contributed by atoms with Crippen LogP contribution >= 0.6 is 0 Å². The van der Waals surface area contributed by atoms with Gasteiger partial charge in [-0.1, -0.05) is 31.1 Å². The van der Waals surface area contributed by atoms with Crippen LogP contribution in [0.15, 0.2) is 51.9 Å². The van der Waals surface area contributed by atoms with Crippen LogP contribution in [-0.4, -0.2) is 109 Å². The van der Waals surface area contributed by atoms with E-state index in [9.17, 15) is 31.2 Å². The standard InChI is InChI=1S/C33H39F3N6O7S/c1-22(2)21-50(45,46)27-6-4-3-5-26(27)48-25-8-7-23(19-24(25)33(34,35)36)29-38-28(49-39-29)20-41-30(43)32(9-11-37-12-10-32)42(31(41)44)14-13-40-15-17-47-18-16-40/h3-8,19,22,37H,9-18,20-21H2,1-2H3. The molecule has 4 heterocycles. The summed E-state index contributed by atoms with van der Waals surface area (Å²) in [6, 6.07) is 8.17. The molecule has 3 saturated heterocycles. The lowest BCUT2D eigenvalue weighted by molar-refractivity contribution is -0.138. The zero-order valence-corrected chi connectivity index (χ0v) is 28.6. The third-order valence-corrected chi connectivity index (χ3v) is 11.2. The molecule has 17 heteroatoms. The number of alkyl halides is 3. The molecule has 1 aromatic heterocycles. The maximum atomic E-state index is 14.3. The molecular formula is C33H39F3N6O7S. The average Bonchev–Trinajstić information content (AvgIpc) is 3.62. The molecule has 0 atom stereocenters. The van der Waals surface area contributed by atoms with E-state index in [0.717, 1.165) is 30.1 Å². The Bertz CT molecular complexity index is 1820. The van der Waals surface area contributed by atoms with Crippen LogP contribution in [0.3, 0.4) is 0 Å². The number of sulfone groups is 1. The Morgan fingerprint density at radius 2 is 1.74 bits per heavy atom. The van der Waals surface area contributed by atoms with Crippen molar-refractivity contribution in [1.82, 2.24) is 30.2 Å². The number of carbonyl (C=O) groups is 2. The Labute approximate surface area is 287 Å². The lowest BCUT2D eigenvalue weighted by Crippen LogP contribution is -2.57. The van der Waals surface area contributed by atoms with E-state index >= 15 is 0 Å². The van der Waals surface area contributed by atoms with Crippen molar-refractivity contribution in [2.24, 2.45) is 5.92 Å². The first-order chi connectivity index (χ1) is 23.8. The number of piperidine rings is 1. The lowest BCUT2D eigenvalue weighted by atomic mass is 9.86. The maximum absolute atomic E-state index is 14.3. The third-order valence-electron chi connectivity index (χ3n) is 9.06. The molecule has 6 rings (SSSR count). The molecule has 0 bridgehead atoms. The monoisotopic (exact) mass is 720 g/mol. The Kier molecular flexibility index (Phi) is 10.2. The molecule has 0 saturated carbocycles. The Balaban J connectivity index is 1.23. The van der Waals surface area contributed by atoms with Gasteiger partial charge in [-0.3, -0.25) is 14.6 Å². The third kappa shape index (κ3) is 7.36. The second kappa shape index (κ2) is 14.3. The van der Waals surface area contributed by atoms with Gasteiger partial charge in [-0.2, -0.15) is 18.2 Å². The van der Waals surface area contributed by atoms with E-state index in [4.69, 9.17) is 14.0 Å². The molecule has 13 nitrogen and oxygen atoms in total. The number of hydrogen-bond donors (Lipinski definition) is 1. The van der Waals surface area contributed by atoms with Gasteiger partial charge in [0.1, 0.15) is 28.5 Å². The fourth-order valence-corrected chi connectivity index (χ4v) is 8.37. The van der Waals surface area contributed by atoms with Crippen molar-refractivity contribution in [3.05, 3.63) is 53.9 Å². The van der Waals surface area contributed by atoms with E-state index in [1.165, 1.54) is 30.3 Å². The summed E-state index contributed by atoms with van der Waals surface area (Å²) in [5, 5.41) is 7.08. The maximum Gasteiger partial charge on any atom is 0.420 e. The largest absolute Gasteiger partial charge is 0.455 e. The Morgan fingerprint density at radius 3 is 2.44 bits per heavy atom. The summed E-state index contributed by atoms with van der Waals surface area (Å²) < 4.78 is 85.3. The summed E-state index contributed by atoms with van der Waals surface area (Å²) in [6.45, 7) is 7.81. The molecule has 2 aromatic carbocycles. The molecule has 3 amide bonds. The highest BCUT2D eigenvalue weighted by Crippen LogP contribution is 2.42. The average molecular weight is 721 g/mol. The van der Waals surface area contributed by atoms with E-state index in [1.807, 2.05) is 0 Å². The second-order valence-corrected chi connectivity index (χ2v) is 15.0. The van der Waals surface area contributed by atoms with Crippen LogP contribution in [0.25, 0.3) is 11.4 Å². The first-order valence-corrected chi connectivity index (χ1v) is 18.1. The van der Waals surface area contributed by atoms with Gasteiger partial charge in [-0.05, 0) is 62.2 Å². The molecule has 0 radical (unpaired) electrons. The van der Waals surface area contributed by atoms with Gasteiger partial charge in [-0.15, -0.1) is 0 Å². The minimum Gasteiger partial charge on any atom is -0.455 e. The van der Waals surface area contributed by atoms with Crippen LogP contribution < -0.4 is 10.1 Å². The number of hydrogen-bond acceptors (Lipinski definition) is 11. The van der Waals surface area contributed by atoms with Crippen LogP contribution in [0.4, 0.5) is 18.0 Å². The van der Waals surface area contributed by atoms with Gasteiger partial charge < -0.3 is 24.2 Å². The zero-order chi connectivity index (χ0) is 35.7. The molecule has 1 N–H and O–H groups in total. The Hall–Kier alpha value is -4.06. The second-order valence-electron chi connectivity index (χ2n) is 13.0. The highest BCUT2D eigenvalue weighted by atomic mass is 32.2. The minimum atomic E-state index is -4.90. The number of aromatic nitrogens is 2. The van der Waals surface area contributed by atoms with E-state index < -0.39 is 38.9 Å². The summed E-state index contributed by atoms with van der Waals surface area (Å²) in [6.07, 6.45) is -4.02. The molecular weight excluding hydrogens is 681 g/mol. The Morgan fingerprint density at radius 1 is 1.02 bits per heavy atom. The first kappa shape index (κ1) is 35.8. The molecule has 0 aliphatic carbocycles. The molecule has 50 heavy (non-hydrogen) atoms. The normalized spacial score (nSPS) is 18.8. The molecule has 3 aliphatic rings. The van der Waals surface area contributed by atoms with Gasteiger partial charge in [0.05, 0.1) is 24.5 Å². The fraction of sp³-hybridized carbons (Fsp3) is 0.515. The summed E-state index contributed by atoms with van der Waals surface area (Å²) in [5.74, 6) is -1.98. The van der Waals surface area contributed by atoms with E-state index in [2.05, 4.69) is 20.4 Å². The highest BCUT2D eigenvalue weighted by Gasteiger charge is 2.57. The quantitative estimate of drug-likeness (QED) is 0.285. The predicted octanol–water partition coefficient (Wildman–Crippen LogP) is 4.20. The molecule has 3 aliphatic heterocycles. The highest BCUT2D eigenvalue weighted by molar-refractivity contribution is 7.91. The first-order valence-electron chi connectivity index (χ1n) is 16.5. The zero-order valence-electron chi connectivity index (χ0n) is 27.7. The van der Waals surface area contributed by atoms with Crippen molar-refractivity contribution in [3.8, 4) is 22.9 Å². The van der Waals surface area contributed by atoms with Crippen molar-refractivity contribution < 1.29 is 45.2 Å². The van der Waals surface area contributed by atoms with Crippen molar-refractivity contribution in [2.75, 3.05) is 58.2 Å². The van der Waals surface area contributed by atoms with Gasteiger partial charge in [0.15, 0.2) is 9.84 Å². The lowest BCUT2D eigenvalue weighted by Gasteiger charge is -2.39. The minimum absolute atomic E-state index is 0.0681. The van der Waals surface area contributed by atoms with E-state index in [1.54, 1.807) is 18.7 Å². The van der Waals surface area contributed by atoms with Gasteiger partial charge >= 0.3 is 12.2 Å². The van der Waals surface area contributed by atoms with Crippen molar-refractivity contribution >= 4 is 21.8 Å². The number of imide groups is 1. The summed E-state index contributed by atoms with van der Waals surface area (Å²) in [5.41, 5.74) is -2.27. The number of rotatable bonds is 11. The van der Waals surface area contributed by atoms with Crippen LogP contribution in [0.2, 0.25) is 0 Å². The van der Waals surface area contributed by atoms with Gasteiger partial charge in [-0.25, -0.2) is 13.2 Å². The predicted molar refractivity (Wildman–Crippen MR) is 173 cm³/mol. The van der Waals surface area contributed by atoms with Gasteiger partial charge in [0.2, 0.25) is 11.7 Å². The summed E-state index contributed by atoms with van der Waals surface area (Å²) in [7, 11) is -3.85. The van der Waals surface area contributed by atoms with Crippen molar-refractivity contribution in [2.45, 2.75) is 49.8 Å². The summed E-state index contributed by atoms with van der Waals surface area (Å²) in [4.78, 5) is 36.5.